The van der Waals surface area contributed by atoms with Crippen molar-refractivity contribution in [2.75, 3.05) is 26.1 Å². The molecule has 0 aliphatic heterocycles. The van der Waals surface area contributed by atoms with E-state index in [1.807, 2.05) is 19.1 Å². The summed E-state index contributed by atoms with van der Waals surface area (Å²) in [4.78, 5) is 12.4. The first-order valence-corrected chi connectivity index (χ1v) is 8.89. The maximum Gasteiger partial charge on any atom is 0.319 e. The molecule has 6 heteroatoms. The molecule has 0 unspecified atom stereocenters. The van der Waals surface area contributed by atoms with Crippen molar-refractivity contribution in [3.63, 3.8) is 0 Å². The van der Waals surface area contributed by atoms with Crippen molar-refractivity contribution in [3.8, 4) is 11.5 Å². The number of nitrogens with one attached hydrogen (secondary N) is 2. The molecule has 138 valence electrons. The smallest absolute Gasteiger partial charge is 0.319 e. The lowest BCUT2D eigenvalue weighted by atomic mass is 9.96. The number of hydrogen-bond acceptors (Lipinski definition) is 3. The van der Waals surface area contributed by atoms with Crippen molar-refractivity contribution >= 4 is 23.3 Å². The molecule has 1 saturated carbocycles. The van der Waals surface area contributed by atoms with Crippen LogP contribution in [0, 0.1) is 6.92 Å². The van der Waals surface area contributed by atoms with Crippen molar-refractivity contribution in [1.29, 1.82) is 0 Å². The number of carbonyl (C=O) groups excluding carboxylic acids is 1. The molecule has 2 aromatic carbocycles. The topological polar surface area (TPSA) is 59.6 Å². The van der Waals surface area contributed by atoms with E-state index in [1.165, 1.54) is 5.56 Å². The van der Waals surface area contributed by atoms with Crippen LogP contribution in [0.25, 0.3) is 0 Å². The highest BCUT2D eigenvalue weighted by Gasteiger charge is 2.44. The molecule has 1 aliphatic rings. The van der Waals surface area contributed by atoms with Gasteiger partial charge in [0.15, 0.2) is 0 Å². The van der Waals surface area contributed by atoms with Crippen molar-refractivity contribution in [2.24, 2.45) is 0 Å². The van der Waals surface area contributed by atoms with Crippen molar-refractivity contribution in [1.82, 2.24) is 5.32 Å². The van der Waals surface area contributed by atoms with E-state index >= 15 is 0 Å². The van der Waals surface area contributed by atoms with Crippen LogP contribution in [0.1, 0.15) is 24.0 Å². The number of amides is 2. The zero-order valence-electron chi connectivity index (χ0n) is 15.2. The summed E-state index contributed by atoms with van der Waals surface area (Å²) in [6, 6.07) is 11.3. The third kappa shape index (κ3) is 3.88. The van der Waals surface area contributed by atoms with Gasteiger partial charge in [-0.2, -0.15) is 0 Å². The van der Waals surface area contributed by atoms with Gasteiger partial charge in [-0.05, 0) is 49.1 Å². The number of hydrogen-bond donors (Lipinski definition) is 2. The van der Waals surface area contributed by atoms with Crippen LogP contribution in [0.2, 0.25) is 5.02 Å². The van der Waals surface area contributed by atoms with Gasteiger partial charge in [0.1, 0.15) is 11.5 Å². The lowest BCUT2D eigenvalue weighted by Gasteiger charge is -2.18. The Morgan fingerprint density at radius 2 is 1.85 bits per heavy atom. The largest absolute Gasteiger partial charge is 0.497 e. The maximum atomic E-state index is 12.4. The number of anilines is 1. The Bertz CT molecular complexity index is 801. The molecule has 0 bridgehead atoms. The van der Waals surface area contributed by atoms with Gasteiger partial charge >= 0.3 is 6.03 Å². The van der Waals surface area contributed by atoms with E-state index in [4.69, 9.17) is 21.1 Å². The van der Waals surface area contributed by atoms with Crippen molar-refractivity contribution < 1.29 is 14.3 Å². The van der Waals surface area contributed by atoms with Gasteiger partial charge in [0, 0.05) is 23.0 Å². The quantitative estimate of drug-likeness (QED) is 0.781. The Morgan fingerprint density at radius 1 is 1.15 bits per heavy atom. The molecule has 0 spiro atoms. The zero-order valence-corrected chi connectivity index (χ0v) is 15.9. The molecule has 2 aromatic rings. The highest BCUT2D eigenvalue weighted by atomic mass is 35.5. The fourth-order valence-corrected chi connectivity index (χ4v) is 3.16. The maximum absolute atomic E-state index is 12.4. The Morgan fingerprint density at radius 3 is 2.42 bits per heavy atom. The van der Waals surface area contributed by atoms with Crippen LogP contribution in [0.3, 0.4) is 0 Å². The van der Waals surface area contributed by atoms with Crippen LogP contribution >= 0.6 is 11.6 Å². The number of ether oxygens (including phenoxy) is 2. The minimum Gasteiger partial charge on any atom is -0.497 e. The Balaban J connectivity index is 1.63. The average Bonchev–Trinajstić information content (AvgIpc) is 3.44. The van der Waals surface area contributed by atoms with Gasteiger partial charge in [-0.25, -0.2) is 4.79 Å². The first-order chi connectivity index (χ1) is 12.5. The van der Waals surface area contributed by atoms with Gasteiger partial charge in [0.05, 0.1) is 19.9 Å². The second-order valence-corrected chi connectivity index (χ2v) is 7.03. The third-order valence-electron chi connectivity index (χ3n) is 4.87. The van der Waals surface area contributed by atoms with Gasteiger partial charge in [0.25, 0.3) is 0 Å². The lowest BCUT2D eigenvalue weighted by molar-refractivity contribution is 0.251. The number of halogens is 1. The Kier molecular flexibility index (Phi) is 5.28. The molecule has 0 aromatic heterocycles. The van der Waals surface area contributed by atoms with E-state index in [-0.39, 0.29) is 11.4 Å². The number of urea groups is 1. The second-order valence-electron chi connectivity index (χ2n) is 6.62. The first kappa shape index (κ1) is 18.4. The summed E-state index contributed by atoms with van der Waals surface area (Å²) in [7, 11) is 3.20. The summed E-state index contributed by atoms with van der Waals surface area (Å²) < 4.78 is 10.5. The molecule has 3 rings (SSSR count). The van der Waals surface area contributed by atoms with Crippen LogP contribution in [-0.4, -0.2) is 26.8 Å². The Hall–Kier alpha value is -2.40. The third-order valence-corrected chi connectivity index (χ3v) is 5.28. The molecule has 2 N–H and O–H groups in total. The van der Waals surface area contributed by atoms with Crippen LogP contribution in [0.4, 0.5) is 10.5 Å². The van der Waals surface area contributed by atoms with E-state index in [0.29, 0.717) is 23.0 Å². The van der Waals surface area contributed by atoms with Gasteiger partial charge in [-0.1, -0.05) is 23.7 Å². The fourth-order valence-electron chi connectivity index (χ4n) is 3.01. The second kappa shape index (κ2) is 7.46. The highest BCUT2D eigenvalue weighted by Crippen LogP contribution is 2.47. The van der Waals surface area contributed by atoms with Gasteiger partial charge < -0.3 is 20.1 Å². The van der Waals surface area contributed by atoms with Gasteiger partial charge in [0.2, 0.25) is 0 Å². The predicted octanol–water partition coefficient (Wildman–Crippen LogP) is 4.52. The number of rotatable bonds is 6. The standard InChI is InChI=1S/C20H23ClN2O3/c1-13-10-17(18(26-3)11-16(13)21)23-19(24)22-12-20(8-9-20)14-4-6-15(25-2)7-5-14/h4-7,10-11H,8-9,12H2,1-3H3,(H2,22,23,24). The minimum atomic E-state index is -0.259. The molecule has 0 saturated heterocycles. The lowest BCUT2D eigenvalue weighted by Crippen LogP contribution is -2.35. The van der Waals surface area contributed by atoms with Crippen LogP contribution in [-0.2, 0) is 5.41 Å². The van der Waals surface area contributed by atoms with E-state index in [2.05, 4.69) is 22.8 Å². The number of carbonyl (C=O) groups is 1. The molecule has 5 nitrogen and oxygen atoms in total. The van der Waals surface area contributed by atoms with Crippen molar-refractivity contribution in [3.05, 3.63) is 52.5 Å². The molecular formula is C20H23ClN2O3. The van der Waals surface area contributed by atoms with Gasteiger partial charge in [-0.15, -0.1) is 0 Å². The molecule has 2 amide bonds. The SMILES string of the molecule is COc1ccc(C2(CNC(=O)Nc3cc(C)c(Cl)cc3OC)CC2)cc1. The monoisotopic (exact) mass is 374 g/mol. The van der Waals surface area contributed by atoms with Gasteiger partial charge in [-0.3, -0.25) is 0 Å². The molecule has 0 heterocycles. The fraction of sp³-hybridized carbons (Fsp3) is 0.350. The van der Waals surface area contributed by atoms with E-state index in [9.17, 15) is 4.79 Å². The normalized spacial score (nSPS) is 14.5. The van der Waals surface area contributed by atoms with Crippen LogP contribution in [0.5, 0.6) is 11.5 Å². The molecule has 1 aliphatic carbocycles. The molecular weight excluding hydrogens is 352 g/mol. The summed E-state index contributed by atoms with van der Waals surface area (Å²) in [5.74, 6) is 1.37. The first-order valence-electron chi connectivity index (χ1n) is 8.51. The van der Waals surface area contributed by atoms with Crippen LogP contribution < -0.4 is 20.1 Å². The summed E-state index contributed by atoms with van der Waals surface area (Å²) in [6.07, 6.45) is 2.12. The molecule has 0 atom stereocenters. The Labute approximate surface area is 158 Å². The molecule has 1 fully saturated rings. The highest BCUT2D eigenvalue weighted by molar-refractivity contribution is 6.31. The predicted molar refractivity (Wildman–Crippen MR) is 104 cm³/mol. The van der Waals surface area contributed by atoms with E-state index in [1.54, 1.807) is 26.4 Å². The molecule has 0 radical (unpaired) electrons. The van der Waals surface area contributed by atoms with Crippen LogP contribution in [0.15, 0.2) is 36.4 Å². The summed E-state index contributed by atoms with van der Waals surface area (Å²) in [5.41, 5.74) is 2.71. The van der Waals surface area contributed by atoms with E-state index < -0.39 is 0 Å². The van der Waals surface area contributed by atoms with E-state index in [0.717, 1.165) is 24.2 Å². The average molecular weight is 375 g/mol. The minimum absolute atomic E-state index is 0.0175. The number of benzene rings is 2. The molecule has 26 heavy (non-hydrogen) atoms. The summed E-state index contributed by atoms with van der Waals surface area (Å²) in [6.45, 7) is 2.47. The number of methoxy groups -OCH3 is 2. The summed E-state index contributed by atoms with van der Waals surface area (Å²) in [5, 5.41) is 6.42. The summed E-state index contributed by atoms with van der Waals surface area (Å²) >= 11 is 6.10. The number of aryl methyl sites for hydroxylation is 1. The van der Waals surface area contributed by atoms with Crippen molar-refractivity contribution in [2.45, 2.75) is 25.2 Å². The zero-order chi connectivity index (χ0) is 18.7.